The van der Waals surface area contributed by atoms with Crippen molar-refractivity contribution in [2.45, 2.75) is 45.6 Å². The number of hydrogen-bond acceptors (Lipinski definition) is 3. The zero-order chi connectivity index (χ0) is 19.2. The summed E-state index contributed by atoms with van der Waals surface area (Å²) in [6.07, 6.45) is 9.79. The topological polar surface area (TPSA) is 65.8 Å². The number of halogens is 1. The van der Waals surface area contributed by atoms with Gasteiger partial charge in [-0.05, 0) is 31.1 Å². The fourth-order valence-electron chi connectivity index (χ4n) is 4.28. The highest BCUT2D eigenvalue weighted by Crippen LogP contribution is 2.27. The summed E-state index contributed by atoms with van der Waals surface area (Å²) in [7, 11) is 1.82. The van der Waals surface area contributed by atoms with Crippen LogP contribution in [-0.2, 0) is 4.79 Å². The molecule has 0 saturated carbocycles. The third kappa shape index (κ3) is 5.84. The lowest BCUT2D eigenvalue weighted by atomic mass is 9.93. The van der Waals surface area contributed by atoms with Crippen LogP contribution in [0.4, 0.5) is 0 Å². The molecule has 8 heteroatoms. The van der Waals surface area contributed by atoms with Crippen LogP contribution in [0.15, 0.2) is 23.7 Å². The molecular formula is C20H35IN6O. The van der Waals surface area contributed by atoms with Gasteiger partial charge in [-0.15, -0.1) is 24.0 Å². The molecule has 2 saturated heterocycles. The summed E-state index contributed by atoms with van der Waals surface area (Å²) in [4.78, 5) is 25.4. The Morgan fingerprint density at radius 3 is 2.71 bits per heavy atom. The van der Waals surface area contributed by atoms with Gasteiger partial charge in [-0.2, -0.15) is 0 Å². The molecule has 1 aromatic heterocycles. The Morgan fingerprint density at radius 1 is 1.21 bits per heavy atom. The quantitative estimate of drug-likeness (QED) is 0.391. The first-order valence-corrected chi connectivity index (χ1v) is 10.3. The van der Waals surface area contributed by atoms with Crippen LogP contribution >= 0.6 is 24.0 Å². The van der Waals surface area contributed by atoms with Crippen LogP contribution in [0, 0.1) is 11.8 Å². The second-order valence-electron chi connectivity index (χ2n) is 8.10. The molecule has 1 N–H and O–H groups in total. The van der Waals surface area contributed by atoms with Crippen LogP contribution in [0.3, 0.4) is 0 Å². The van der Waals surface area contributed by atoms with Gasteiger partial charge in [-0.25, -0.2) is 4.98 Å². The molecule has 0 bridgehead atoms. The lowest BCUT2D eigenvalue weighted by Gasteiger charge is -2.39. The summed E-state index contributed by atoms with van der Waals surface area (Å²) in [6.45, 7) is 8.89. The molecular weight excluding hydrogens is 467 g/mol. The van der Waals surface area contributed by atoms with Crippen molar-refractivity contribution in [3.8, 4) is 0 Å². The summed E-state index contributed by atoms with van der Waals surface area (Å²) in [6, 6.07) is 0.399. The molecule has 28 heavy (non-hydrogen) atoms. The van der Waals surface area contributed by atoms with Gasteiger partial charge in [0.15, 0.2) is 5.96 Å². The Labute approximate surface area is 186 Å². The van der Waals surface area contributed by atoms with Crippen molar-refractivity contribution in [3.63, 3.8) is 0 Å². The van der Waals surface area contributed by atoms with Crippen LogP contribution in [0.1, 0.15) is 45.6 Å². The molecule has 2 aliphatic heterocycles. The van der Waals surface area contributed by atoms with Crippen molar-refractivity contribution in [1.29, 1.82) is 0 Å². The molecule has 7 nitrogen and oxygen atoms in total. The summed E-state index contributed by atoms with van der Waals surface area (Å²) in [5.74, 6) is 2.38. The van der Waals surface area contributed by atoms with Crippen LogP contribution in [-0.4, -0.2) is 71.0 Å². The van der Waals surface area contributed by atoms with Gasteiger partial charge in [-0.1, -0.05) is 13.8 Å². The number of likely N-dealkylation sites (tertiary alicyclic amines) is 2. The molecule has 0 radical (unpaired) electrons. The van der Waals surface area contributed by atoms with Crippen LogP contribution in [0.5, 0.6) is 0 Å². The van der Waals surface area contributed by atoms with Gasteiger partial charge in [0, 0.05) is 58.6 Å². The van der Waals surface area contributed by atoms with E-state index in [-0.39, 0.29) is 29.9 Å². The number of guanidine groups is 1. The van der Waals surface area contributed by atoms with Crippen LogP contribution in [0.25, 0.3) is 0 Å². The number of hydrogen-bond donors (Lipinski definition) is 1. The minimum Gasteiger partial charge on any atom is -0.356 e. The van der Waals surface area contributed by atoms with E-state index in [0.717, 1.165) is 45.0 Å². The number of piperidine rings is 2. The van der Waals surface area contributed by atoms with Crippen molar-refractivity contribution >= 4 is 35.8 Å². The monoisotopic (exact) mass is 502 g/mol. The molecule has 1 amide bonds. The molecule has 1 aromatic rings. The SMILES string of the molecule is CN=C(NCCC(=O)N1CCCC(C)C1)N1CCC(C)C(n2ccnc2)C1.I. The molecule has 0 spiro atoms. The molecule has 0 aliphatic carbocycles. The molecule has 2 aliphatic rings. The standard InChI is InChI=1S/C20H34N6O.HI/c1-16-5-4-10-24(13-16)19(27)6-8-23-20(21-3)25-11-7-17(2)18(14-25)26-12-9-22-15-26;/h9,12,15-18H,4-8,10-11,13-14H2,1-3H3,(H,21,23);1H. The fraction of sp³-hybridized carbons (Fsp3) is 0.750. The maximum Gasteiger partial charge on any atom is 0.224 e. The van der Waals surface area contributed by atoms with Crippen molar-refractivity contribution in [1.82, 2.24) is 24.7 Å². The Bertz CT molecular complexity index is 635. The van der Waals surface area contributed by atoms with E-state index in [2.05, 4.69) is 38.6 Å². The molecule has 3 heterocycles. The smallest absolute Gasteiger partial charge is 0.224 e. The average molecular weight is 502 g/mol. The van der Waals surface area contributed by atoms with Crippen LogP contribution < -0.4 is 5.32 Å². The fourth-order valence-corrected chi connectivity index (χ4v) is 4.28. The number of nitrogens with zero attached hydrogens (tertiary/aromatic N) is 5. The van der Waals surface area contributed by atoms with Gasteiger partial charge in [0.05, 0.1) is 12.4 Å². The lowest BCUT2D eigenvalue weighted by molar-refractivity contribution is -0.132. The normalized spacial score (nSPS) is 26.0. The van der Waals surface area contributed by atoms with Gasteiger partial charge >= 0.3 is 0 Å². The summed E-state index contributed by atoms with van der Waals surface area (Å²) >= 11 is 0. The number of carbonyl (C=O) groups is 1. The first-order chi connectivity index (χ1) is 13.1. The van der Waals surface area contributed by atoms with E-state index < -0.39 is 0 Å². The first-order valence-electron chi connectivity index (χ1n) is 10.3. The third-order valence-electron chi connectivity index (χ3n) is 5.97. The van der Waals surface area contributed by atoms with E-state index in [1.54, 1.807) is 0 Å². The Balaban J connectivity index is 0.00000280. The van der Waals surface area contributed by atoms with E-state index in [1.807, 2.05) is 30.7 Å². The molecule has 0 aromatic carbocycles. The number of amides is 1. The van der Waals surface area contributed by atoms with Crippen molar-refractivity contribution in [3.05, 3.63) is 18.7 Å². The van der Waals surface area contributed by atoms with E-state index >= 15 is 0 Å². The Hall–Kier alpha value is -1.32. The summed E-state index contributed by atoms with van der Waals surface area (Å²) in [5, 5.41) is 3.40. The lowest BCUT2D eigenvalue weighted by Crippen LogP contribution is -2.49. The predicted molar refractivity (Wildman–Crippen MR) is 123 cm³/mol. The zero-order valence-corrected chi connectivity index (χ0v) is 19.7. The highest BCUT2D eigenvalue weighted by atomic mass is 127. The minimum atomic E-state index is 0. The van der Waals surface area contributed by atoms with Gasteiger partial charge in [0.25, 0.3) is 0 Å². The third-order valence-corrected chi connectivity index (χ3v) is 5.97. The molecule has 158 valence electrons. The number of aromatic nitrogens is 2. The van der Waals surface area contributed by atoms with E-state index in [4.69, 9.17) is 0 Å². The predicted octanol–water partition coefficient (Wildman–Crippen LogP) is 2.61. The highest BCUT2D eigenvalue weighted by Gasteiger charge is 2.29. The van der Waals surface area contributed by atoms with E-state index in [1.165, 1.54) is 6.42 Å². The van der Waals surface area contributed by atoms with Gasteiger partial charge in [0.1, 0.15) is 0 Å². The van der Waals surface area contributed by atoms with Crippen molar-refractivity contribution < 1.29 is 4.79 Å². The van der Waals surface area contributed by atoms with Gasteiger partial charge < -0.3 is 19.7 Å². The number of carbonyl (C=O) groups excluding carboxylic acids is 1. The van der Waals surface area contributed by atoms with E-state index in [9.17, 15) is 4.79 Å². The number of imidazole rings is 1. The Kier molecular flexibility index (Phi) is 9.04. The molecule has 3 atom stereocenters. The van der Waals surface area contributed by atoms with E-state index in [0.29, 0.717) is 30.8 Å². The second kappa shape index (κ2) is 11.0. The number of aliphatic imine (C=N–C) groups is 1. The summed E-state index contributed by atoms with van der Waals surface area (Å²) in [5.41, 5.74) is 0. The number of nitrogens with one attached hydrogen (secondary N) is 1. The molecule has 3 rings (SSSR count). The summed E-state index contributed by atoms with van der Waals surface area (Å²) < 4.78 is 2.20. The largest absolute Gasteiger partial charge is 0.356 e. The van der Waals surface area contributed by atoms with Crippen molar-refractivity contribution in [2.24, 2.45) is 16.8 Å². The minimum absolute atomic E-state index is 0. The molecule has 2 fully saturated rings. The number of rotatable bonds is 4. The first kappa shape index (κ1) is 23.0. The van der Waals surface area contributed by atoms with Crippen molar-refractivity contribution in [2.75, 3.05) is 39.8 Å². The van der Waals surface area contributed by atoms with Crippen LogP contribution in [0.2, 0.25) is 0 Å². The maximum atomic E-state index is 12.5. The van der Waals surface area contributed by atoms with Gasteiger partial charge in [-0.3, -0.25) is 9.79 Å². The highest BCUT2D eigenvalue weighted by molar-refractivity contribution is 14.0. The molecule has 3 unspecified atom stereocenters. The average Bonchev–Trinajstić information content (AvgIpc) is 3.20. The Morgan fingerprint density at radius 2 is 2.04 bits per heavy atom. The van der Waals surface area contributed by atoms with Gasteiger partial charge in [0.2, 0.25) is 5.91 Å². The maximum absolute atomic E-state index is 12.5. The zero-order valence-electron chi connectivity index (χ0n) is 17.4. The second-order valence-corrected chi connectivity index (χ2v) is 8.10.